The lowest BCUT2D eigenvalue weighted by Crippen LogP contribution is -2.31. The predicted molar refractivity (Wildman–Crippen MR) is 103 cm³/mol. The Morgan fingerprint density at radius 2 is 1.68 bits per heavy atom. The summed E-state index contributed by atoms with van der Waals surface area (Å²) in [7, 11) is 1.62. The standard InChI is InChI=1S/C20H17N3O4S/c1-26-14-8-6-13(7-9-14)12-17-21-22-20(27-17)28-11-10-23-18(24)15-4-2-3-5-16(15)19(23)25/h2-9H,10-12H2,1H3. The van der Waals surface area contributed by atoms with E-state index in [-0.39, 0.29) is 18.4 Å². The summed E-state index contributed by atoms with van der Waals surface area (Å²) in [4.78, 5) is 25.9. The van der Waals surface area contributed by atoms with E-state index in [0.717, 1.165) is 11.3 Å². The Morgan fingerprint density at radius 1 is 1.00 bits per heavy atom. The van der Waals surface area contributed by atoms with Crippen molar-refractivity contribution in [3.8, 4) is 5.75 Å². The number of rotatable bonds is 7. The fraction of sp³-hybridized carbons (Fsp3) is 0.200. The Kier molecular flexibility index (Phi) is 5.12. The first-order chi connectivity index (χ1) is 13.7. The van der Waals surface area contributed by atoms with Crippen molar-refractivity contribution in [2.45, 2.75) is 11.6 Å². The number of amides is 2. The number of benzene rings is 2. The van der Waals surface area contributed by atoms with Crippen molar-refractivity contribution in [2.75, 3.05) is 19.4 Å². The van der Waals surface area contributed by atoms with E-state index in [0.29, 0.717) is 34.4 Å². The van der Waals surface area contributed by atoms with Crippen LogP contribution < -0.4 is 4.74 Å². The highest BCUT2D eigenvalue weighted by Gasteiger charge is 2.34. The summed E-state index contributed by atoms with van der Waals surface area (Å²) in [6.45, 7) is 0.285. The molecule has 1 aromatic heterocycles. The summed E-state index contributed by atoms with van der Waals surface area (Å²) in [6, 6.07) is 14.5. The number of methoxy groups -OCH3 is 1. The maximum Gasteiger partial charge on any atom is 0.276 e. The molecule has 4 rings (SSSR count). The first kappa shape index (κ1) is 18.2. The molecule has 142 valence electrons. The Labute approximate surface area is 165 Å². The first-order valence-electron chi connectivity index (χ1n) is 8.69. The number of hydrogen-bond acceptors (Lipinski definition) is 7. The Bertz CT molecular complexity index is 981. The Morgan fingerprint density at radius 3 is 2.32 bits per heavy atom. The number of aromatic nitrogens is 2. The van der Waals surface area contributed by atoms with Gasteiger partial charge in [-0.15, -0.1) is 10.2 Å². The van der Waals surface area contributed by atoms with Crippen LogP contribution >= 0.6 is 11.8 Å². The molecule has 1 aliphatic rings. The van der Waals surface area contributed by atoms with Gasteiger partial charge in [-0.1, -0.05) is 36.0 Å². The lowest BCUT2D eigenvalue weighted by Gasteiger charge is -2.12. The number of hydrogen-bond donors (Lipinski definition) is 0. The third-order valence-electron chi connectivity index (χ3n) is 4.38. The summed E-state index contributed by atoms with van der Waals surface area (Å²) in [6.07, 6.45) is 0.524. The van der Waals surface area contributed by atoms with Crippen LogP contribution in [0.1, 0.15) is 32.2 Å². The summed E-state index contributed by atoms with van der Waals surface area (Å²) in [5.74, 6) is 1.27. The van der Waals surface area contributed by atoms with Crippen LogP contribution in [0.5, 0.6) is 5.75 Å². The van der Waals surface area contributed by atoms with E-state index in [4.69, 9.17) is 9.15 Å². The summed E-state index contributed by atoms with van der Waals surface area (Å²) < 4.78 is 10.8. The minimum atomic E-state index is -0.257. The van der Waals surface area contributed by atoms with Crippen molar-refractivity contribution < 1.29 is 18.7 Å². The smallest absolute Gasteiger partial charge is 0.276 e. The SMILES string of the molecule is COc1ccc(Cc2nnc(SCCN3C(=O)c4ccccc4C3=O)o2)cc1. The molecule has 2 aromatic carbocycles. The molecular weight excluding hydrogens is 378 g/mol. The van der Waals surface area contributed by atoms with Gasteiger partial charge in [0, 0.05) is 12.3 Å². The molecule has 0 unspecified atom stereocenters. The molecule has 0 saturated heterocycles. The third kappa shape index (κ3) is 3.63. The van der Waals surface area contributed by atoms with Crippen molar-refractivity contribution in [1.82, 2.24) is 15.1 Å². The summed E-state index contributed by atoms with van der Waals surface area (Å²) >= 11 is 1.32. The van der Waals surface area contributed by atoms with Crippen LogP contribution in [-0.2, 0) is 6.42 Å². The molecule has 0 aliphatic carbocycles. The zero-order valence-corrected chi connectivity index (χ0v) is 15.9. The van der Waals surface area contributed by atoms with Gasteiger partial charge in [0.05, 0.1) is 24.7 Å². The molecule has 3 aromatic rings. The maximum atomic E-state index is 12.3. The average Bonchev–Trinajstić information content (AvgIpc) is 3.27. The summed E-state index contributed by atoms with van der Waals surface area (Å²) in [5.41, 5.74) is 1.95. The van der Waals surface area contributed by atoms with Crippen molar-refractivity contribution in [2.24, 2.45) is 0 Å². The number of ether oxygens (including phenoxy) is 1. The van der Waals surface area contributed by atoms with Crippen molar-refractivity contribution in [3.63, 3.8) is 0 Å². The van der Waals surface area contributed by atoms with E-state index >= 15 is 0 Å². The number of nitrogens with zero attached hydrogens (tertiary/aromatic N) is 3. The van der Waals surface area contributed by atoms with Gasteiger partial charge in [-0.2, -0.15) is 0 Å². The van der Waals surface area contributed by atoms with Gasteiger partial charge in [-0.25, -0.2) is 0 Å². The Balaban J connectivity index is 1.31. The van der Waals surface area contributed by atoms with Crippen LogP contribution in [0.25, 0.3) is 0 Å². The van der Waals surface area contributed by atoms with E-state index in [2.05, 4.69) is 10.2 Å². The molecule has 1 aliphatic heterocycles. The van der Waals surface area contributed by atoms with Gasteiger partial charge in [0.25, 0.3) is 17.0 Å². The van der Waals surface area contributed by atoms with Crippen molar-refractivity contribution >= 4 is 23.6 Å². The molecule has 0 saturated carbocycles. The maximum absolute atomic E-state index is 12.3. The first-order valence-corrected chi connectivity index (χ1v) is 9.67. The second-order valence-electron chi connectivity index (χ2n) is 6.14. The van der Waals surface area contributed by atoms with Crippen LogP contribution in [-0.4, -0.2) is 46.3 Å². The molecule has 8 heteroatoms. The number of carbonyl (C=O) groups excluding carboxylic acids is 2. The van der Waals surface area contributed by atoms with Crippen LogP contribution in [0, 0.1) is 0 Å². The largest absolute Gasteiger partial charge is 0.497 e. The summed E-state index contributed by atoms with van der Waals surface area (Å²) in [5, 5.41) is 8.49. The zero-order valence-electron chi connectivity index (χ0n) is 15.1. The number of carbonyl (C=O) groups is 2. The van der Waals surface area contributed by atoms with Gasteiger partial charge in [0.1, 0.15) is 5.75 Å². The molecule has 0 atom stereocenters. The van der Waals surface area contributed by atoms with Gasteiger partial charge in [-0.3, -0.25) is 14.5 Å². The second kappa shape index (κ2) is 7.85. The highest BCUT2D eigenvalue weighted by molar-refractivity contribution is 7.99. The zero-order chi connectivity index (χ0) is 19.5. The van der Waals surface area contributed by atoms with E-state index in [1.807, 2.05) is 24.3 Å². The predicted octanol–water partition coefficient (Wildman–Crippen LogP) is 3.06. The van der Waals surface area contributed by atoms with Crippen LogP contribution in [0.3, 0.4) is 0 Å². The lowest BCUT2D eigenvalue weighted by molar-refractivity contribution is 0.0664. The van der Waals surface area contributed by atoms with Gasteiger partial charge in [-0.05, 0) is 29.8 Å². The molecule has 7 nitrogen and oxygen atoms in total. The van der Waals surface area contributed by atoms with E-state index < -0.39 is 0 Å². The molecule has 0 N–H and O–H groups in total. The molecule has 2 amide bonds. The fourth-order valence-electron chi connectivity index (χ4n) is 2.95. The monoisotopic (exact) mass is 395 g/mol. The number of thioether (sulfide) groups is 1. The molecule has 0 fully saturated rings. The number of fused-ring (bicyclic) bond motifs is 1. The highest BCUT2D eigenvalue weighted by atomic mass is 32.2. The second-order valence-corrected chi connectivity index (χ2v) is 7.19. The van der Waals surface area contributed by atoms with Crippen molar-refractivity contribution in [3.05, 3.63) is 71.1 Å². The normalized spacial score (nSPS) is 13.1. The third-order valence-corrected chi connectivity index (χ3v) is 5.18. The lowest BCUT2D eigenvalue weighted by atomic mass is 10.1. The average molecular weight is 395 g/mol. The van der Waals surface area contributed by atoms with E-state index in [9.17, 15) is 9.59 Å². The van der Waals surface area contributed by atoms with Crippen molar-refractivity contribution in [1.29, 1.82) is 0 Å². The quantitative estimate of drug-likeness (QED) is 0.449. The minimum Gasteiger partial charge on any atom is -0.497 e. The molecular formula is C20H17N3O4S. The molecule has 2 heterocycles. The fourth-order valence-corrected chi connectivity index (χ4v) is 3.65. The highest BCUT2D eigenvalue weighted by Crippen LogP contribution is 2.24. The molecule has 28 heavy (non-hydrogen) atoms. The molecule has 0 spiro atoms. The van der Waals surface area contributed by atoms with Gasteiger partial charge < -0.3 is 9.15 Å². The van der Waals surface area contributed by atoms with Crippen LogP contribution in [0.15, 0.2) is 58.2 Å². The van der Waals surface area contributed by atoms with E-state index in [1.165, 1.54) is 16.7 Å². The van der Waals surface area contributed by atoms with Gasteiger partial charge in [0.15, 0.2) is 0 Å². The Hall–Kier alpha value is -3.13. The molecule has 0 bridgehead atoms. The molecule has 0 radical (unpaired) electrons. The minimum absolute atomic E-state index is 0.257. The topological polar surface area (TPSA) is 85.5 Å². The number of imide groups is 1. The van der Waals surface area contributed by atoms with Crippen LogP contribution in [0.2, 0.25) is 0 Å². The van der Waals surface area contributed by atoms with Gasteiger partial charge >= 0.3 is 0 Å². The van der Waals surface area contributed by atoms with Crippen LogP contribution in [0.4, 0.5) is 0 Å². The van der Waals surface area contributed by atoms with E-state index in [1.54, 1.807) is 31.4 Å². The van der Waals surface area contributed by atoms with Gasteiger partial charge in [0.2, 0.25) is 5.89 Å².